The fourth-order valence-electron chi connectivity index (χ4n) is 3.13. The number of hydrogen-bond acceptors (Lipinski definition) is 1. The molecule has 92 valence electrons. The molecule has 2 heteroatoms. The summed E-state index contributed by atoms with van der Waals surface area (Å²) in [6, 6.07) is 11.1. The SMILES string of the molecule is c1ccc([Te]CC2CO[C@H]3CCCC[C@@H]23)cc1. The normalized spacial score (nSPS) is 32.4. The minimum absolute atomic E-state index is 0.0143. The van der Waals surface area contributed by atoms with E-state index in [1.54, 1.807) is 3.61 Å². The molecule has 2 aliphatic rings. The van der Waals surface area contributed by atoms with Gasteiger partial charge in [-0.3, -0.25) is 0 Å². The molecule has 3 rings (SSSR count). The first-order valence-electron chi connectivity index (χ1n) is 6.73. The van der Waals surface area contributed by atoms with E-state index in [-0.39, 0.29) is 20.9 Å². The van der Waals surface area contributed by atoms with Crippen LogP contribution in [0, 0.1) is 11.8 Å². The molecule has 0 spiro atoms. The Balaban J connectivity index is 1.55. The summed E-state index contributed by atoms with van der Waals surface area (Å²) < 4.78 is 9.03. The molecule has 1 saturated heterocycles. The number of fused-ring (bicyclic) bond motifs is 1. The van der Waals surface area contributed by atoms with Crippen LogP contribution in [0.4, 0.5) is 0 Å². The van der Waals surface area contributed by atoms with Crippen molar-refractivity contribution in [2.75, 3.05) is 6.61 Å². The summed E-state index contributed by atoms with van der Waals surface area (Å²) in [5.41, 5.74) is 0. The van der Waals surface area contributed by atoms with Crippen LogP contribution >= 0.6 is 0 Å². The Kier molecular flexibility index (Phi) is 4.06. The number of benzene rings is 1. The van der Waals surface area contributed by atoms with Crippen LogP contribution in [0.3, 0.4) is 0 Å². The second-order valence-electron chi connectivity index (χ2n) is 5.20. The molecule has 1 unspecified atom stereocenters. The van der Waals surface area contributed by atoms with E-state index >= 15 is 0 Å². The molecule has 0 N–H and O–H groups in total. The monoisotopic (exact) mass is 346 g/mol. The second kappa shape index (κ2) is 5.74. The fourth-order valence-corrected chi connectivity index (χ4v) is 6.27. The molecule has 0 amide bonds. The Morgan fingerprint density at radius 3 is 2.82 bits per heavy atom. The molecule has 2 fully saturated rings. The molecule has 0 aromatic heterocycles. The van der Waals surface area contributed by atoms with Gasteiger partial charge in [0, 0.05) is 0 Å². The van der Waals surface area contributed by atoms with Crippen molar-refractivity contribution in [3.63, 3.8) is 0 Å². The van der Waals surface area contributed by atoms with E-state index in [1.807, 2.05) is 0 Å². The fraction of sp³-hybridized carbons (Fsp3) is 0.600. The Hall–Kier alpha value is -0.0304. The second-order valence-corrected chi connectivity index (χ2v) is 8.32. The summed E-state index contributed by atoms with van der Waals surface area (Å²) in [7, 11) is 0. The van der Waals surface area contributed by atoms with Crippen LogP contribution < -0.4 is 3.61 Å². The summed E-state index contributed by atoms with van der Waals surface area (Å²) in [5, 5.41) is 0. The first-order valence-corrected chi connectivity index (χ1v) is 9.54. The molecule has 1 aromatic rings. The Bertz CT molecular complexity index is 351. The van der Waals surface area contributed by atoms with Gasteiger partial charge in [-0.2, -0.15) is 0 Å². The van der Waals surface area contributed by atoms with Gasteiger partial charge in [0.15, 0.2) is 0 Å². The van der Waals surface area contributed by atoms with Crippen LogP contribution in [-0.2, 0) is 4.74 Å². The predicted molar refractivity (Wildman–Crippen MR) is 71.8 cm³/mol. The van der Waals surface area contributed by atoms with Gasteiger partial charge in [0.2, 0.25) is 0 Å². The van der Waals surface area contributed by atoms with Crippen molar-refractivity contribution in [2.24, 2.45) is 11.8 Å². The zero-order valence-electron chi connectivity index (χ0n) is 10.2. The van der Waals surface area contributed by atoms with Gasteiger partial charge in [0.05, 0.1) is 0 Å². The van der Waals surface area contributed by atoms with Crippen LogP contribution in [0.1, 0.15) is 25.7 Å². The van der Waals surface area contributed by atoms with E-state index in [0.717, 1.165) is 18.4 Å². The zero-order chi connectivity index (χ0) is 11.5. The van der Waals surface area contributed by atoms with Gasteiger partial charge in [0.1, 0.15) is 0 Å². The van der Waals surface area contributed by atoms with Crippen LogP contribution in [0.15, 0.2) is 30.3 Å². The van der Waals surface area contributed by atoms with Gasteiger partial charge in [-0.15, -0.1) is 0 Å². The molecule has 1 aliphatic heterocycles. The van der Waals surface area contributed by atoms with E-state index in [1.165, 1.54) is 30.2 Å². The van der Waals surface area contributed by atoms with E-state index in [2.05, 4.69) is 30.3 Å². The molecule has 1 heterocycles. The summed E-state index contributed by atoms with van der Waals surface area (Å²) in [6.45, 7) is 1.05. The maximum absolute atomic E-state index is 5.98. The van der Waals surface area contributed by atoms with Crippen LogP contribution in [0.2, 0.25) is 4.47 Å². The van der Waals surface area contributed by atoms with Gasteiger partial charge in [-0.1, -0.05) is 0 Å². The van der Waals surface area contributed by atoms with E-state index in [0.29, 0.717) is 6.10 Å². The van der Waals surface area contributed by atoms with E-state index in [4.69, 9.17) is 4.74 Å². The topological polar surface area (TPSA) is 9.23 Å². The molecule has 1 saturated carbocycles. The van der Waals surface area contributed by atoms with Crippen molar-refractivity contribution in [1.82, 2.24) is 0 Å². The van der Waals surface area contributed by atoms with Crippen molar-refractivity contribution in [3.8, 4) is 0 Å². The number of hydrogen-bond donors (Lipinski definition) is 0. The third-order valence-corrected chi connectivity index (χ3v) is 7.52. The Labute approximate surface area is 114 Å². The zero-order valence-corrected chi connectivity index (χ0v) is 12.5. The molecule has 1 aromatic carbocycles. The summed E-state index contributed by atoms with van der Waals surface area (Å²) in [5.74, 6) is 1.78. The van der Waals surface area contributed by atoms with Crippen molar-refractivity contribution >= 4 is 24.5 Å². The molecule has 0 radical (unpaired) electrons. The predicted octanol–water partition coefficient (Wildman–Crippen LogP) is 2.64. The number of rotatable bonds is 3. The van der Waals surface area contributed by atoms with Crippen molar-refractivity contribution in [3.05, 3.63) is 30.3 Å². The summed E-state index contributed by atoms with van der Waals surface area (Å²) >= 11 is 0.0143. The Morgan fingerprint density at radius 2 is 1.94 bits per heavy atom. The molecule has 1 aliphatic carbocycles. The minimum atomic E-state index is 0.0143. The third kappa shape index (κ3) is 2.87. The van der Waals surface area contributed by atoms with E-state index in [9.17, 15) is 0 Å². The molecular formula is C15H20OTe. The van der Waals surface area contributed by atoms with Crippen molar-refractivity contribution in [1.29, 1.82) is 0 Å². The van der Waals surface area contributed by atoms with Crippen molar-refractivity contribution in [2.45, 2.75) is 36.3 Å². The average molecular weight is 344 g/mol. The van der Waals surface area contributed by atoms with Gasteiger partial charge < -0.3 is 0 Å². The molecular weight excluding hydrogens is 324 g/mol. The molecule has 1 nitrogen and oxygen atoms in total. The molecule has 17 heavy (non-hydrogen) atoms. The third-order valence-electron chi connectivity index (χ3n) is 4.09. The molecule has 3 atom stereocenters. The van der Waals surface area contributed by atoms with Gasteiger partial charge in [-0.05, 0) is 0 Å². The summed E-state index contributed by atoms with van der Waals surface area (Å²) in [6.07, 6.45) is 6.21. The molecule has 0 bridgehead atoms. The van der Waals surface area contributed by atoms with Gasteiger partial charge >= 0.3 is 114 Å². The van der Waals surface area contributed by atoms with E-state index < -0.39 is 0 Å². The quantitative estimate of drug-likeness (QED) is 0.767. The van der Waals surface area contributed by atoms with Crippen LogP contribution in [-0.4, -0.2) is 33.6 Å². The van der Waals surface area contributed by atoms with Crippen LogP contribution in [0.25, 0.3) is 0 Å². The summed E-state index contributed by atoms with van der Waals surface area (Å²) in [4.78, 5) is 0. The van der Waals surface area contributed by atoms with Crippen molar-refractivity contribution < 1.29 is 4.74 Å². The Morgan fingerprint density at radius 1 is 1.12 bits per heavy atom. The average Bonchev–Trinajstić information content (AvgIpc) is 2.81. The first-order chi connectivity index (χ1) is 8.43. The maximum atomic E-state index is 5.98. The van der Waals surface area contributed by atoms with Gasteiger partial charge in [-0.25, -0.2) is 0 Å². The standard InChI is InChI=1S/C15H20OTe/c1-2-6-13(7-3-1)17-11-12-10-16-15-9-5-4-8-14(12)15/h1-3,6-7,12,14-15H,4-5,8-11H2/t12?,14-,15-/m0/s1. The van der Waals surface area contributed by atoms with Crippen LogP contribution in [0.5, 0.6) is 0 Å². The number of ether oxygens (including phenoxy) is 1. The van der Waals surface area contributed by atoms with Gasteiger partial charge in [0.25, 0.3) is 0 Å². The first kappa shape index (κ1) is 12.0.